The molecule has 0 saturated carbocycles. The number of hydrogen-bond donors (Lipinski definition) is 1. The van der Waals surface area contributed by atoms with Crippen molar-refractivity contribution in [1.29, 1.82) is 0 Å². The molecule has 20 heavy (non-hydrogen) atoms. The second-order valence-electron chi connectivity index (χ2n) is 5.61. The molecule has 0 aliphatic carbocycles. The molecule has 0 aromatic heterocycles. The van der Waals surface area contributed by atoms with Crippen LogP contribution in [0.1, 0.15) is 51.8 Å². The number of hydrogen-bond acceptors (Lipinski definition) is 2. The first-order valence-electron chi connectivity index (χ1n) is 7.36. The summed E-state index contributed by atoms with van der Waals surface area (Å²) in [5.74, 6) is -0.193. The lowest BCUT2D eigenvalue weighted by Crippen LogP contribution is -2.43. The summed E-state index contributed by atoms with van der Waals surface area (Å²) >= 11 is 0. The minimum Gasteiger partial charge on any atom is -0.321 e. The van der Waals surface area contributed by atoms with Gasteiger partial charge in [-0.25, -0.2) is 4.39 Å². The van der Waals surface area contributed by atoms with E-state index in [9.17, 15) is 9.18 Å². The number of carbonyl (C=O) groups is 1. The molecule has 1 saturated heterocycles. The fourth-order valence-corrected chi connectivity index (χ4v) is 2.63. The van der Waals surface area contributed by atoms with Gasteiger partial charge in [0, 0.05) is 12.1 Å². The van der Waals surface area contributed by atoms with Crippen LogP contribution < -0.4 is 5.32 Å². The van der Waals surface area contributed by atoms with Gasteiger partial charge in [-0.15, -0.1) is 0 Å². The van der Waals surface area contributed by atoms with Crippen molar-refractivity contribution in [3.8, 4) is 0 Å². The zero-order chi connectivity index (χ0) is 14.8. The fourth-order valence-electron chi connectivity index (χ4n) is 2.63. The van der Waals surface area contributed by atoms with Gasteiger partial charge in [-0.3, -0.25) is 10.1 Å². The smallest absolute Gasteiger partial charge is 0.244 e. The molecular formula is C16H23FN2O. The van der Waals surface area contributed by atoms with E-state index in [1.54, 1.807) is 17.0 Å². The standard InChI is InChI=1S/C16H23FN2O/c1-4-6-11-19-14(12-9-7-8-10-13(12)17)18-16(3,5-2)15(19)20/h7-10,14,18H,4-6,11H2,1-3H3. The van der Waals surface area contributed by atoms with Gasteiger partial charge in [0.25, 0.3) is 0 Å². The number of benzene rings is 1. The molecular weight excluding hydrogens is 255 g/mol. The molecule has 2 atom stereocenters. The first-order valence-corrected chi connectivity index (χ1v) is 7.36. The van der Waals surface area contributed by atoms with Gasteiger partial charge in [0.15, 0.2) is 0 Å². The number of rotatable bonds is 5. The van der Waals surface area contributed by atoms with Gasteiger partial charge in [0.05, 0.1) is 5.54 Å². The van der Waals surface area contributed by atoms with Gasteiger partial charge in [0.1, 0.15) is 12.0 Å². The Kier molecular flexibility index (Phi) is 4.43. The Balaban J connectivity index is 2.34. The van der Waals surface area contributed by atoms with Crippen molar-refractivity contribution in [2.75, 3.05) is 6.54 Å². The number of nitrogens with one attached hydrogen (secondary N) is 1. The van der Waals surface area contributed by atoms with Crippen LogP contribution in [0.15, 0.2) is 24.3 Å². The van der Waals surface area contributed by atoms with Crippen LogP contribution in [0.5, 0.6) is 0 Å². The fraction of sp³-hybridized carbons (Fsp3) is 0.562. The van der Waals surface area contributed by atoms with Crippen LogP contribution in [-0.2, 0) is 4.79 Å². The molecule has 1 heterocycles. The maximum Gasteiger partial charge on any atom is 0.244 e. The number of unbranched alkanes of at least 4 members (excludes halogenated alkanes) is 1. The molecule has 2 rings (SSSR count). The summed E-state index contributed by atoms with van der Waals surface area (Å²) < 4.78 is 14.0. The monoisotopic (exact) mass is 278 g/mol. The average molecular weight is 278 g/mol. The van der Waals surface area contributed by atoms with Crippen LogP contribution in [0.4, 0.5) is 4.39 Å². The van der Waals surface area contributed by atoms with Crippen molar-refractivity contribution in [2.45, 2.75) is 51.7 Å². The van der Waals surface area contributed by atoms with Gasteiger partial charge in [0.2, 0.25) is 5.91 Å². The summed E-state index contributed by atoms with van der Waals surface area (Å²) in [7, 11) is 0. The van der Waals surface area contributed by atoms with E-state index in [2.05, 4.69) is 12.2 Å². The van der Waals surface area contributed by atoms with Crippen molar-refractivity contribution < 1.29 is 9.18 Å². The van der Waals surface area contributed by atoms with Gasteiger partial charge in [-0.2, -0.15) is 0 Å². The highest BCUT2D eigenvalue weighted by atomic mass is 19.1. The summed E-state index contributed by atoms with van der Waals surface area (Å²) in [5, 5.41) is 3.32. The molecule has 0 bridgehead atoms. The average Bonchev–Trinajstić information content (AvgIpc) is 2.70. The van der Waals surface area contributed by atoms with Crippen molar-refractivity contribution in [3.63, 3.8) is 0 Å². The van der Waals surface area contributed by atoms with Crippen molar-refractivity contribution in [2.24, 2.45) is 0 Å². The van der Waals surface area contributed by atoms with Crippen molar-refractivity contribution in [1.82, 2.24) is 10.2 Å². The lowest BCUT2D eigenvalue weighted by Gasteiger charge is -2.24. The van der Waals surface area contributed by atoms with E-state index in [0.29, 0.717) is 18.5 Å². The largest absolute Gasteiger partial charge is 0.321 e. The topological polar surface area (TPSA) is 32.3 Å². The van der Waals surface area contributed by atoms with Crippen LogP contribution in [0.25, 0.3) is 0 Å². The molecule has 0 spiro atoms. The quantitative estimate of drug-likeness (QED) is 0.897. The molecule has 0 radical (unpaired) electrons. The van der Waals surface area contributed by atoms with Gasteiger partial charge < -0.3 is 4.90 Å². The minimum absolute atomic E-state index is 0.0710. The van der Waals surface area contributed by atoms with E-state index in [0.717, 1.165) is 12.8 Å². The van der Waals surface area contributed by atoms with E-state index < -0.39 is 5.54 Å². The first kappa shape index (κ1) is 15.0. The zero-order valence-electron chi connectivity index (χ0n) is 12.4. The predicted octanol–water partition coefficient (Wildman–Crippen LogP) is 3.22. The third-order valence-corrected chi connectivity index (χ3v) is 4.16. The van der Waals surface area contributed by atoms with E-state index in [1.165, 1.54) is 6.07 Å². The van der Waals surface area contributed by atoms with Crippen LogP contribution in [-0.4, -0.2) is 22.9 Å². The Morgan fingerprint density at radius 3 is 2.65 bits per heavy atom. The molecule has 1 aliphatic rings. The van der Waals surface area contributed by atoms with Gasteiger partial charge >= 0.3 is 0 Å². The molecule has 3 nitrogen and oxygen atoms in total. The minimum atomic E-state index is -0.597. The lowest BCUT2D eigenvalue weighted by atomic mass is 9.99. The maximum atomic E-state index is 14.0. The molecule has 1 amide bonds. The normalized spacial score (nSPS) is 26.3. The Bertz CT molecular complexity index is 491. The molecule has 1 aromatic rings. The summed E-state index contributed by atoms with van der Waals surface area (Å²) in [4.78, 5) is 14.4. The van der Waals surface area contributed by atoms with E-state index in [1.807, 2.05) is 19.9 Å². The Hall–Kier alpha value is -1.42. The molecule has 110 valence electrons. The predicted molar refractivity (Wildman–Crippen MR) is 77.6 cm³/mol. The highest BCUT2D eigenvalue weighted by molar-refractivity contribution is 5.88. The zero-order valence-corrected chi connectivity index (χ0v) is 12.4. The van der Waals surface area contributed by atoms with E-state index in [4.69, 9.17) is 0 Å². The summed E-state index contributed by atoms with van der Waals surface area (Å²) in [6, 6.07) is 6.68. The number of amides is 1. The van der Waals surface area contributed by atoms with Crippen LogP contribution >= 0.6 is 0 Å². The number of nitrogens with zero attached hydrogens (tertiary/aromatic N) is 1. The van der Waals surface area contributed by atoms with E-state index in [-0.39, 0.29) is 17.9 Å². The number of carbonyl (C=O) groups excluding carboxylic acids is 1. The molecule has 2 unspecified atom stereocenters. The van der Waals surface area contributed by atoms with Gasteiger partial charge in [-0.1, -0.05) is 38.5 Å². The van der Waals surface area contributed by atoms with E-state index >= 15 is 0 Å². The van der Waals surface area contributed by atoms with Crippen LogP contribution in [0.3, 0.4) is 0 Å². The lowest BCUT2D eigenvalue weighted by molar-refractivity contribution is -0.133. The van der Waals surface area contributed by atoms with Crippen LogP contribution in [0, 0.1) is 5.82 Å². The summed E-state index contributed by atoms with van der Waals surface area (Å²) in [6.45, 7) is 6.63. The molecule has 1 aromatic carbocycles. The molecule has 4 heteroatoms. The molecule has 1 N–H and O–H groups in total. The SMILES string of the molecule is CCCCN1C(=O)C(C)(CC)NC1c1ccccc1F. The third kappa shape index (κ3) is 2.57. The number of halogens is 1. The first-order chi connectivity index (χ1) is 9.53. The Labute approximate surface area is 120 Å². The Morgan fingerprint density at radius 2 is 2.05 bits per heavy atom. The van der Waals surface area contributed by atoms with Crippen LogP contribution in [0.2, 0.25) is 0 Å². The molecule has 1 fully saturated rings. The second kappa shape index (κ2) is 5.92. The van der Waals surface area contributed by atoms with Crippen molar-refractivity contribution >= 4 is 5.91 Å². The highest BCUT2D eigenvalue weighted by Gasteiger charge is 2.47. The highest BCUT2D eigenvalue weighted by Crippen LogP contribution is 2.33. The van der Waals surface area contributed by atoms with Crippen molar-refractivity contribution in [3.05, 3.63) is 35.6 Å². The summed E-state index contributed by atoms with van der Waals surface area (Å²) in [6.07, 6.45) is 2.27. The second-order valence-corrected chi connectivity index (χ2v) is 5.61. The third-order valence-electron chi connectivity index (χ3n) is 4.16. The maximum absolute atomic E-state index is 14.0. The summed E-state index contributed by atoms with van der Waals surface area (Å²) in [5.41, 5.74) is -0.0464. The van der Waals surface area contributed by atoms with Gasteiger partial charge in [-0.05, 0) is 25.8 Å². The molecule has 1 aliphatic heterocycles. The Morgan fingerprint density at radius 1 is 1.35 bits per heavy atom.